The highest BCUT2D eigenvalue weighted by Crippen LogP contribution is 2.51. The Labute approximate surface area is 273 Å². The summed E-state index contributed by atoms with van der Waals surface area (Å²) in [7, 11) is 0. The standard InChI is InChI=1S/C40H44N4O2/c1-3-41-39(46)40(36-16-9-7-14-33(36)34-15-8-10-17-37(34)40)21-11-22-42-24-26-43(27-25-42)32-19-18-31-20-23-44(38(45)35(31)28-32)29(2)30-12-5-4-6-13-30/h4-10,12-19,28-29H,3,11,20-27H2,1-2H3,(H,41,46). The fraction of sp³-hybridized carbons (Fsp3) is 0.350. The number of piperazine rings is 1. The number of carbonyl (C=O) groups excluding carboxylic acids is 2. The minimum Gasteiger partial charge on any atom is -0.369 e. The predicted octanol–water partition coefficient (Wildman–Crippen LogP) is 6.45. The van der Waals surface area contributed by atoms with E-state index in [0.717, 1.165) is 86.5 Å². The first kappa shape index (κ1) is 30.2. The summed E-state index contributed by atoms with van der Waals surface area (Å²) in [5.74, 6) is 0.241. The summed E-state index contributed by atoms with van der Waals surface area (Å²) in [4.78, 5) is 34.5. The molecule has 1 atom stereocenters. The Morgan fingerprint density at radius 1 is 0.804 bits per heavy atom. The Morgan fingerprint density at radius 2 is 1.46 bits per heavy atom. The van der Waals surface area contributed by atoms with Gasteiger partial charge in [-0.2, -0.15) is 0 Å². The van der Waals surface area contributed by atoms with Gasteiger partial charge in [-0.15, -0.1) is 0 Å². The maximum absolute atomic E-state index is 13.9. The number of nitrogens with one attached hydrogen (secondary N) is 1. The molecule has 2 amide bonds. The van der Waals surface area contributed by atoms with E-state index in [1.54, 1.807) is 0 Å². The van der Waals surface area contributed by atoms with Gasteiger partial charge in [0, 0.05) is 50.5 Å². The topological polar surface area (TPSA) is 55.9 Å². The summed E-state index contributed by atoms with van der Waals surface area (Å²) >= 11 is 0. The molecule has 0 saturated carbocycles. The predicted molar refractivity (Wildman–Crippen MR) is 185 cm³/mol. The van der Waals surface area contributed by atoms with E-state index in [0.29, 0.717) is 6.54 Å². The third kappa shape index (κ3) is 5.28. The largest absolute Gasteiger partial charge is 0.369 e. The molecule has 236 valence electrons. The lowest BCUT2D eigenvalue weighted by molar-refractivity contribution is -0.125. The number of carbonyl (C=O) groups is 2. The van der Waals surface area contributed by atoms with Crippen molar-refractivity contribution >= 4 is 17.5 Å². The number of anilines is 1. The van der Waals surface area contributed by atoms with Crippen LogP contribution >= 0.6 is 0 Å². The third-order valence-corrected chi connectivity index (χ3v) is 10.5. The second-order valence-corrected chi connectivity index (χ2v) is 13.0. The van der Waals surface area contributed by atoms with E-state index < -0.39 is 5.41 Å². The molecule has 1 N–H and O–H groups in total. The van der Waals surface area contributed by atoms with Crippen LogP contribution in [-0.4, -0.2) is 67.4 Å². The molecule has 4 aromatic rings. The van der Waals surface area contributed by atoms with E-state index in [1.165, 1.54) is 16.7 Å². The lowest BCUT2D eigenvalue weighted by Crippen LogP contribution is -2.48. The number of hydrogen-bond donors (Lipinski definition) is 1. The molecule has 0 radical (unpaired) electrons. The van der Waals surface area contributed by atoms with Crippen LogP contribution in [0, 0.1) is 0 Å². The van der Waals surface area contributed by atoms with Gasteiger partial charge in [-0.05, 0) is 85.2 Å². The first-order valence-corrected chi connectivity index (χ1v) is 16.9. The van der Waals surface area contributed by atoms with Gasteiger partial charge in [-0.3, -0.25) is 14.5 Å². The van der Waals surface area contributed by atoms with E-state index in [1.807, 2.05) is 30.0 Å². The van der Waals surface area contributed by atoms with Crippen LogP contribution in [-0.2, 0) is 16.6 Å². The Kier molecular flexibility index (Phi) is 8.39. The van der Waals surface area contributed by atoms with Gasteiger partial charge >= 0.3 is 0 Å². The van der Waals surface area contributed by atoms with Gasteiger partial charge in [0.15, 0.2) is 0 Å². The number of fused-ring (bicyclic) bond motifs is 4. The molecule has 2 aliphatic heterocycles. The summed E-state index contributed by atoms with van der Waals surface area (Å²) in [5, 5.41) is 3.18. The van der Waals surface area contributed by atoms with Crippen molar-refractivity contribution in [2.24, 2.45) is 0 Å². The average Bonchev–Trinajstić information content (AvgIpc) is 3.39. The molecule has 4 aromatic carbocycles. The van der Waals surface area contributed by atoms with Crippen LogP contribution in [0.15, 0.2) is 97.1 Å². The van der Waals surface area contributed by atoms with Crippen molar-refractivity contribution in [1.82, 2.24) is 15.1 Å². The zero-order chi connectivity index (χ0) is 31.7. The van der Waals surface area contributed by atoms with Crippen molar-refractivity contribution in [2.75, 3.05) is 50.7 Å². The quantitative estimate of drug-likeness (QED) is 0.236. The summed E-state index contributed by atoms with van der Waals surface area (Å²) in [5.41, 5.74) is 8.27. The Morgan fingerprint density at radius 3 is 2.13 bits per heavy atom. The van der Waals surface area contributed by atoms with Crippen LogP contribution in [0.5, 0.6) is 0 Å². The zero-order valence-corrected chi connectivity index (χ0v) is 27.0. The van der Waals surface area contributed by atoms with Crippen LogP contribution in [0.2, 0.25) is 0 Å². The van der Waals surface area contributed by atoms with Crippen LogP contribution in [0.4, 0.5) is 5.69 Å². The molecule has 6 nitrogen and oxygen atoms in total. The first-order chi connectivity index (χ1) is 22.5. The average molecular weight is 613 g/mol. The van der Waals surface area contributed by atoms with Crippen molar-refractivity contribution < 1.29 is 9.59 Å². The lowest BCUT2D eigenvalue weighted by Gasteiger charge is -2.38. The zero-order valence-electron chi connectivity index (χ0n) is 27.0. The van der Waals surface area contributed by atoms with Crippen molar-refractivity contribution in [3.05, 3.63) is 125 Å². The lowest BCUT2D eigenvalue weighted by atomic mass is 9.73. The minimum atomic E-state index is -0.660. The molecular formula is C40H44N4O2. The molecule has 0 bridgehead atoms. The molecule has 7 rings (SSSR count). The molecule has 6 heteroatoms. The van der Waals surface area contributed by atoms with Crippen molar-refractivity contribution in [3.8, 4) is 11.1 Å². The molecule has 0 aromatic heterocycles. The normalized spacial score (nSPS) is 17.7. The molecule has 0 spiro atoms. The number of nitrogens with zero attached hydrogens (tertiary/aromatic N) is 3. The number of likely N-dealkylation sites (N-methyl/N-ethyl adjacent to an activating group) is 1. The number of hydrogen-bond acceptors (Lipinski definition) is 4. The second kappa shape index (κ2) is 12.8. The van der Waals surface area contributed by atoms with Crippen LogP contribution in [0.25, 0.3) is 11.1 Å². The van der Waals surface area contributed by atoms with Crippen LogP contribution in [0.1, 0.15) is 65.3 Å². The SMILES string of the molecule is CCNC(=O)C1(CCCN2CCN(c3ccc4c(c3)C(=O)N(C(C)c3ccccc3)CC4)CC2)c2ccccc2-c2ccccc21. The molecule has 1 saturated heterocycles. The van der Waals surface area contributed by atoms with Crippen molar-refractivity contribution in [1.29, 1.82) is 0 Å². The van der Waals surface area contributed by atoms with Gasteiger partial charge < -0.3 is 15.1 Å². The number of amides is 2. The highest BCUT2D eigenvalue weighted by Gasteiger charge is 2.48. The smallest absolute Gasteiger partial charge is 0.254 e. The maximum Gasteiger partial charge on any atom is 0.254 e. The molecule has 3 aliphatic rings. The van der Waals surface area contributed by atoms with Gasteiger partial charge in [0.25, 0.3) is 5.91 Å². The summed E-state index contributed by atoms with van der Waals surface area (Å²) < 4.78 is 0. The minimum absolute atomic E-state index is 0.0485. The monoisotopic (exact) mass is 612 g/mol. The number of benzene rings is 4. The Bertz CT molecular complexity index is 1680. The highest BCUT2D eigenvalue weighted by atomic mass is 16.2. The summed E-state index contributed by atoms with van der Waals surface area (Å²) in [6.07, 6.45) is 2.60. The second-order valence-electron chi connectivity index (χ2n) is 13.0. The Balaban J connectivity index is 1.01. The van der Waals surface area contributed by atoms with Gasteiger partial charge in [-0.25, -0.2) is 0 Å². The molecule has 46 heavy (non-hydrogen) atoms. The van der Waals surface area contributed by atoms with Gasteiger partial charge in [0.05, 0.1) is 6.04 Å². The fourth-order valence-corrected chi connectivity index (χ4v) is 8.02. The maximum atomic E-state index is 13.9. The first-order valence-electron chi connectivity index (χ1n) is 16.9. The molecule has 1 unspecified atom stereocenters. The fourth-order valence-electron chi connectivity index (χ4n) is 8.02. The molecule has 1 fully saturated rings. The van der Waals surface area contributed by atoms with Crippen molar-refractivity contribution in [3.63, 3.8) is 0 Å². The van der Waals surface area contributed by atoms with E-state index in [9.17, 15) is 9.59 Å². The number of rotatable bonds is 9. The van der Waals surface area contributed by atoms with Crippen LogP contribution < -0.4 is 10.2 Å². The van der Waals surface area contributed by atoms with E-state index in [4.69, 9.17) is 0 Å². The van der Waals surface area contributed by atoms with Gasteiger partial charge in [-0.1, -0.05) is 84.9 Å². The van der Waals surface area contributed by atoms with Gasteiger partial charge in [0.1, 0.15) is 5.41 Å². The third-order valence-electron chi connectivity index (χ3n) is 10.5. The van der Waals surface area contributed by atoms with E-state index in [-0.39, 0.29) is 17.9 Å². The molecule has 1 aliphatic carbocycles. The van der Waals surface area contributed by atoms with E-state index >= 15 is 0 Å². The van der Waals surface area contributed by atoms with E-state index in [2.05, 4.69) is 101 Å². The Hall–Kier alpha value is -4.42. The summed E-state index contributed by atoms with van der Waals surface area (Å²) in [6, 6.07) is 33.7. The van der Waals surface area contributed by atoms with Crippen LogP contribution in [0.3, 0.4) is 0 Å². The molecule has 2 heterocycles. The molecular weight excluding hydrogens is 568 g/mol. The van der Waals surface area contributed by atoms with Gasteiger partial charge in [0.2, 0.25) is 5.91 Å². The highest BCUT2D eigenvalue weighted by molar-refractivity contribution is 6.00. The van der Waals surface area contributed by atoms with Crippen molar-refractivity contribution in [2.45, 2.75) is 44.6 Å². The summed E-state index contributed by atoms with van der Waals surface area (Å²) in [6.45, 7) is 10.2.